The third-order valence-electron chi connectivity index (χ3n) is 3.27. The Bertz CT molecular complexity index is 549. The van der Waals surface area contributed by atoms with Gasteiger partial charge >= 0.3 is 0 Å². The largest absolute Gasteiger partial charge is 0.383 e. The maximum Gasteiger partial charge on any atom is 0.0954 e. The lowest BCUT2D eigenvalue weighted by Crippen LogP contribution is -2.21. The molecule has 6 heteroatoms. The van der Waals surface area contributed by atoms with Gasteiger partial charge in [-0.05, 0) is 20.8 Å². The first-order valence-electron chi connectivity index (χ1n) is 6.77. The number of imidazole rings is 1. The van der Waals surface area contributed by atoms with E-state index < -0.39 is 0 Å². The molecule has 2 heterocycles. The molecule has 0 fully saturated rings. The van der Waals surface area contributed by atoms with E-state index in [1.54, 1.807) is 18.4 Å². The second-order valence-electron chi connectivity index (χ2n) is 4.82. The predicted molar refractivity (Wildman–Crippen MR) is 81.2 cm³/mol. The van der Waals surface area contributed by atoms with Gasteiger partial charge in [-0.2, -0.15) is 0 Å². The number of methoxy groups -OCH3 is 1. The normalized spacial score (nSPS) is 12.8. The van der Waals surface area contributed by atoms with Crippen LogP contribution in [0.3, 0.4) is 0 Å². The molecule has 5 nitrogen and oxygen atoms in total. The summed E-state index contributed by atoms with van der Waals surface area (Å²) < 4.78 is 7.24. The van der Waals surface area contributed by atoms with E-state index in [2.05, 4.69) is 40.6 Å². The molecular formula is C14H22N4OS. The minimum absolute atomic E-state index is 0.267. The van der Waals surface area contributed by atoms with Crippen molar-refractivity contribution >= 4 is 11.3 Å². The summed E-state index contributed by atoms with van der Waals surface area (Å²) in [7, 11) is 1.71. The van der Waals surface area contributed by atoms with Crippen LogP contribution in [0.4, 0.5) is 0 Å². The van der Waals surface area contributed by atoms with Crippen molar-refractivity contribution in [2.45, 2.75) is 33.4 Å². The van der Waals surface area contributed by atoms with Crippen molar-refractivity contribution in [1.29, 1.82) is 0 Å². The number of aryl methyl sites for hydroxylation is 2. The van der Waals surface area contributed by atoms with Crippen molar-refractivity contribution in [3.05, 3.63) is 33.8 Å². The van der Waals surface area contributed by atoms with Gasteiger partial charge in [-0.1, -0.05) is 0 Å². The molecule has 2 aromatic heterocycles. The molecule has 0 radical (unpaired) electrons. The quantitative estimate of drug-likeness (QED) is 0.796. The van der Waals surface area contributed by atoms with Crippen LogP contribution < -0.4 is 5.32 Å². The summed E-state index contributed by atoms with van der Waals surface area (Å²) in [5.74, 6) is 0. The van der Waals surface area contributed by atoms with Crippen LogP contribution in [0.2, 0.25) is 0 Å². The molecule has 2 rings (SSSR count). The molecule has 1 atom stereocenters. The molecule has 0 aliphatic heterocycles. The lowest BCUT2D eigenvalue weighted by molar-refractivity contribution is 0.199. The van der Waals surface area contributed by atoms with Crippen molar-refractivity contribution in [2.24, 2.45) is 0 Å². The molecule has 1 N–H and O–H groups in total. The topological polar surface area (TPSA) is 52.0 Å². The molecule has 20 heavy (non-hydrogen) atoms. The third kappa shape index (κ3) is 3.45. The van der Waals surface area contributed by atoms with E-state index in [-0.39, 0.29) is 6.04 Å². The zero-order chi connectivity index (χ0) is 14.5. The standard InChI is InChI=1S/C14H22N4OS/c1-10-14(20-12(3)17-10)11(2)18-9-16-8-13(18)7-15-5-6-19-4/h8-9,11,15H,5-7H2,1-4H3. The molecule has 0 saturated heterocycles. The molecule has 2 aromatic rings. The van der Waals surface area contributed by atoms with Gasteiger partial charge in [-0.25, -0.2) is 9.97 Å². The van der Waals surface area contributed by atoms with Crippen LogP contribution >= 0.6 is 11.3 Å². The molecule has 0 aliphatic rings. The Morgan fingerprint density at radius 1 is 1.45 bits per heavy atom. The van der Waals surface area contributed by atoms with E-state index in [0.29, 0.717) is 0 Å². The zero-order valence-electron chi connectivity index (χ0n) is 12.5. The van der Waals surface area contributed by atoms with Crippen LogP contribution in [0.1, 0.15) is 34.2 Å². The summed E-state index contributed by atoms with van der Waals surface area (Å²) in [6.07, 6.45) is 3.81. The fraction of sp³-hybridized carbons (Fsp3) is 0.571. The second kappa shape index (κ2) is 6.97. The Morgan fingerprint density at radius 3 is 2.90 bits per heavy atom. The summed E-state index contributed by atoms with van der Waals surface area (Å²) in [6.45, 7) is 8.67. The van der Waals surface area contributed by atoms with E-state index in [0.717, 1.165) is 30.4 Å². The number of ether oxygens (including phenoxy) is 1. The Labute approximate surface area is 124 Å². The number of rotatable bonds is 7. The molecule has 0 spiro atoms. The summed E-state index contributed by atoms with van der Waals surface area (Å²) in [5, 5.41) is 4.47. The number of aromatic nitrogens is 3. The van der Waals surface area contributed by atoms with Gasteiger partial charge in [0.05, 0.1) is 40.2 Å². The number of nitrogens with zero attached hydrogens (tertiary/aromatic N) is 3. The lowest BCUT2D eigenvalue weighted by Gasteiger charge is -2.16. The fourth-order valence-electron chi connectivity index (χ4n) is 2.27. The molecular weight excluding hydrogens is 272 g/mol. The molecule has 0 bridgehead atoms. The smallest absolute Gasteiger partial charge is 0.0954 e. The van der Waals surface area contributed by atoms with Crippen LogP contribution in [-0.2, 0) is 11.3 Å². The van der Waals surface area contributed by atoms with Gasteiger partial charge in [0.25, 0.3) is 0 Å². The van der Waals surface area contributed by atoms with Crippen molar-refractivity contribution in [3.8, 4) is 0 Å². The first kappa shape index (κ1) is 15.2. The van der Waals surface area contributed by atoms with Crippen molar-refractivity contribution in [2.75, 3.05) is 20.3 Å². The lowest BCUT2D eigenvalue weighted by atomic mass is 10.2. The molecule has 0 aliphatic carbocycles. The number of hydrogen-bond donors (Lipinski definition) is 1. The summed E-state index contributed by atoms with van der Waals surface area (Å²) >= 11 is 1.76. The first-order chi connectivity index (χ1) is 9.63. The van der Waals surface area contributed by atoms with Crippen LogP contribution in [0.25, 0.3) is 0 Å². The van der Waals surface area contributed by atoms with Crippen molar-refractivity contribution < 1.29 is 4.74 Å². The number of thiazole rings is 1. The van der Waals surface area contributed by atoms with Crippen LogP contribution in [-0.4, -0.2) is 34.8 Å². The van der Waals surface area contributed by atoms with E-state index in [9.17, 15) is 0 Å². The highest BCUT2D eigenvalue weighted by Crippen LogP contribution is 2.28. The highest BCUT2D eigenvalue weighted by molar-refractivity contribution is 7.11. The average molecular weight is 294 g/mol. The minimum Gasteiger partial charge on any atom is -0.383 e. The van der Waals surface area contributed by atoms with Gasteiger partial charge in [-0.15, -0.1) is 11.3 Å². The molecule has 0 saturated carbocycles. The third-order valence-corrected chi connectivity index (χ3v) is 4.51. The van der Waals surface area contributed by atoms with Gasteiger partial charge in [0.1, 0.15) is 0 Å². The summed E-state index contributed by atoms with van der Waals surface area (Å²) in [6, 6.07) is 0.267. The second-order valence-corrected chi connectivity index (χ2v) is 6.06. The molecule has 110 valence electrons. The monoisotopic (exact) mass is 294 g/mol. The van der Waals surface area contributed by atoms with E-state index in [1.807, 2.05) is 12.5 Å². The van der Waals surface area contributed by atoms with E-state index >= 15 is 0 Å². The SMILES string of the molecule is COCCNCc1cncn1C(C)c1sc(C)nc1C. The van der Waals surface area contributed by atoms with Crippen molar-refractivity contribution in [1.82, 2.24) is 19.9 Å². The summed E-state index contributed by atoms with van der Waals surface area (Å²) in [5.41, 5.74) is 2.30. The highest BCUT2D eigenvalue weighted by atomic mass is 32.1. The number of nitrogens with one attached hydrogen (secondary N) is 1. The number of hydrogen-bond acceptors (Lipinski definition) is 5. The van der Waals surface area contributed by atoms with Crippen LogP contribution in [0.15, 0.2) is 12.5 Å². The van der Waals surface area contributed by atoms with Gasteiger partial charge in [0, 0.05) is 26.4 Å². The maximum absolute atomic E-state index is 5.04. The van der Waals surface area contributed by atoms with Crippen molar-refractivity contribution in [3.63, 3.8) is 0 Å². The Morgan fingerprint density at radius 2 is 2.25 bits per heavy atom. The van der Waals surface area contributed by atoms with E-state index in [1.165, 1.54) is 10.6 Å². The molecule has 0 amide bonds. The molecule has 1 unspecified atom stereocenters. The van der Waals surface area contributed by atoms with Gasteiger partial charge in [0.15, 0.2) is 0 Å². The maximum atomic E-state index is 5.04. The summed E-state index contributed by atoms with van der Waals surface area (Å²) in [4.78, 5) is 10.1. The van der Waals surface area contributed by atoms with Gasteiger partial charge in [0.2, 0.25) is 0 Å². The molecule has 0 aromatic carbocycles. The van der Waals surface area contributed by atoms with Crippen LogP contribution in [0, 0.1) is 13.8 Å². The first-order valence-corrected chi connectivity index (χ1v) is 7.59. The predicted octanol–water partition coefficient (Wildman–Crippen LogP) is 2.30. The Hall–Kier alpha value is -1.24. The Kier molecular flexibility index (Phi) is 5.28. The Balaban J connectivity index is 2.09. The van der Waals surface area contributed by atoms with Crippen LogP contribution in [0.5, 0.6) is 0 Å². The average Bonchev–Trinajstić information content (AvgIpc) is 3.00. The van der Waals surface area contributed by atoms with E-state index in [4.69, 9.17) is 4.74 Å². The highest BCUT2D eigenvalue weighted by Gasteiger charge is 2.16. The zero-order valence-corrected chi connectivity index (χ0v) is 13.3. The van der Waals surface area contributed by atoms with Gasteiger partial charge < -0.3 is 14.6 Å². The fourth-order valence-corrected chi connectivity index (χ4v) is 3.25. The van der Waals surface area contributed by atoms with Gasteiger partial charge in [-0.3, -0.25) is 0 Å². The minimum atomic E-state index is 0.267.